The highest BCUT2D eigenvalue weighted by Crippen LogP contribution is 2.28. The Bertz CT molecular complexity index is 536. The molecule has 3 N–H and O–H groups in total. The third-order valence-corrected chi connectivity index (χ3v) is 3.30. The molecular weight excluding hydrogens is 288 g/mol. The Morgan fingerprint density at radius 2 is 1.45 bits per heavy atom. The van der Waals surface area contributed by atoms with Crippen LogP contribution in [0, 0.1) is 0 Å². The minimum absolute atomic E-state index is 0.103. The highest BCUT2D eigenvalue weighted by atomic mass is 16.5. The van der Waals surface area contributed by atoms with Gasteiger partial charge in [-0.05, 0) is 57.9 Å². The first-order chi connectivity index (χ1) is 9.92. The fraction of sp³-hybridized carbons (Fsp3) is 0.500. The number of aliphatic hydroxyl groups is 1. The molecule has 0 unspecified atom stereocenters. The molecule has 0 aliphatic heterocycles. The van der Waals surface area contributed by atoms with Crippen LogP contribution in [0.3, 0.4) is 0 Å². The number of hydrogen-bond acceptors (Lipinski definition) is 4. The summed E-state index contributed by atoms with van der Waals surface area (Å²) in [6.45, 7) is 7.04. The summed E-state index contributed by atoms with van der Waals surface area (Å²) in [5.41, 5.74) is -1.49. The van der Waals surface area contributed by atoms with Crippen LogP contribution in [0.1, 0.15) is 60.4 Å². The summed E-state index contributed by atoms with van der Waals surface area (Å²) in [5.74, 6) is -2.40. The Balaban J connectivity index is 3.06. The number of rotatable bonds is 7. The van der Waals surface area contributed by atoms with Crippen LogP contribution < -0.4 is 0 Å². The van der Waals surface area contributed by atoms with E-state index in [-0.39, 0.29) is 17.7 Å². The molecule has 0 bridgehead atoms. The number of carboxylic acid groups (broad SMARTS) is 2. The van der Waals surface area contributed by atoms with Gasteiger partial charge in [-0.1, -0.05) is 0 Å². The van der Waals surface area contributed by atoms with Crippen LogP contribution in [0.25, 0.3) is 0 Å². The number of carboxylic acids is 2. The van der Waals surface area contributed by atoms with E-state index in [1.165, 1.54) is 12.1 Å². The molecule has 0 spiro atoms. The fourth-order valence-corrected chi connectivity index (χ4v) is 1.86. The van der Waals surface area contributed by atoms with Gasteiger partial charge in [-0.25, -0.2) is 9.59 Å². The zero-order valence-corrected chi connectivity index (χ0v) is 13.2. The summed E-state index contributed by atoms with van der Waals surface area (Å²) < 4.78 is 5.72. The third kappa shape index (κ3) is 5.13. The van der Waals surface area contributed by atoms with Crippen molar-refractivity contribution in [1.29, 1.82) is 0 Å². The van der Waals surface area contributed by atoms with Crippen molar-refractivity contribution >= 4 is 11.9 Å². The van der Waals surface area contributed by atoms with Crippen LogP contribution >= 0.6 is 0 Å². The van der Waals surface area contributed by atoms with Crippen molar-refractivity contribution in [1.82, 2.24) is 0 Å². The monoisotopic (exact) mass is 310 g/mol. The van der Waals surface area contributed by atoms with Gasteiger partial charge in [0.15, 0.2) is 0 Å². The number of ether oxygens (including phenoxy) is 1. The summed E-state index contributed by atoms with van der Waals surface area (Å²) in [6.07, 6.45) is 0.404. The van der Waals surface area contributed by atoms with Gasteiger partial charge in [0, 0.05) is 0 Å². The average Bonchev–Trinajstić information content (AvgIpc) is 2.36. The predicted octanol–water partition coefficient (Wildman–Crippen LogP) is 2.50. The van der Waals surface area contributed by atoms with Gasteiger partial charge in [-0.2, -0.15) is 0 Å². The Kier molecular flexibility index (Phi) is 5.32. The maximum absolute atomic E-state index is 11.1. The topological polar surface area (TPSA) is 104 Å². The second-order valence-electron chi connectivity index (χ2n) is 6.33. The lowest BCUT2D eigenvalue weighted by molar-refractivity contribution is -0.0494. The molecule has 122 valence electrons. The Hall–Kier alpha value is -1.92. The minimum atomic E-state index is -1.20. The molecule has 0 saturated heterocycles. The van der Waals surface area contributed by atoms with Crippen molar-refractivity contribution in [3.05, 3.63) is 34.9 Å². The van der Waals surface area contributed by atoms with Crippen molar-refractivity contribution in [2.24, 2.45) is 0 Å². The van der Waals surface area contributed by atoms with E-state index in [4.69, 9.17) is 14.9 Å². The molecular formula is C16H22O6. The van der Waals surface area contributed by atoms with Gasteiger partial charge in [-0.15, -0.1) is 0 Å². The first-order valence-corrected chi connectivity index (χ1v) is 6.91. The number of hydrogen-bond donors (Lipinski definition) is 3. The summed E-state index contributed by atoms with van der Waals surface area (Å²) in [6, 6.07) is 3.92. The Morgan fingerprint density at radius 1 is 1.00 bits per heavy atom. The van der Waals surface area contributed by atoms with Crippen molar-refractivity contribution in [2.75, 3.05) is 6.61 Å². The van der Waals surface area contributed by atoms with Crippen LogP contribution in [-0.4, -0.2) is 39.5 Å². The van der Waals surface area contributed by atoms with Gasteiger partial charge >= 0.3 is 11.9 Å². The van der Waals surface area contributed by atoms with E-state index in [1.807, 2.05) is 0 Å². The lowest BCUT2D eigenvalue weighted by atomic mass is 9.93. The Labute approximate surface area is 129 Å². The van der Waals surface area contributed by atoms with Crippen LogP contribution in [0.4, 0.5) is 0 Å². The highest BCUT2D eigenvalue weighted by Gasteiger charge is 2.25. The molecule has 0 aromatic heterocycles. The van der Waals surface area contributed by atoms with Crippen LogP contribution in [0.2, 0.25) is 0 Å². The molecule has 1 aromatic rings. The van der Waals surface area contributed by atoms with Gasteiger partial charge in [0.2, 0.25) is 0 Å². The average molecular weight is 310 g/mol. The van der Waals surface area contributed by atoms with Gasteiger partial charge in [-0.3, -0.25) is 0 Å². The smallest absolute Gasteiger partial charge is 0.335 e. The number of aromatic carboxylic acids is 2. The van der Waals surface area contributed by atoms with Crippen LogP contribution in [0.15, 0.2) is 18.2 Å². The molecule has 0 fully saturated rings. The summed E-state index contributed by atoms with van der Waals surface area (Å²) in [5, 5.41) is 27.9. The van der Waals surface area contributed by atoms with Gasteiger partial charge in [0.05, 0.1) is 28.9 Å². The van der Waals surface area contributed by atoms with E-state index in [9.17, 15) is 14.7 Å². The molecule has 0 aliphatic rings. The molecule has 1 aromatic carbocycles. The zero-order valence-electron chi connectivity index (χ0n) is 13.2. The quantitative estimate of drug-likeness (QED) is 0.715. The molecule has 0 saturated carbocycles. The van der Waals surface area contributed by atoms with E-state index in [0.29, 0.717) is 12.0 Å². The fourth-order valence-electron chi connectivity index (χ4n) is 1.86. The highest BCUT2D eigenvalue weighted by molar-refractivity contribution is 5.94. The van der Waals surface area contributed by atoms with Crippen LogP contribution in [0.5, 0.6) is 0 Å². The second-order valence-corrected chi connectivity index (χ2v) is 6.33. The molecule has 1 rings (SSSR count). The standard InChI is InChI=1S/C16H22O6/c1-15(2,21)5-6-22-16(3,4)12-8-10(13(17)18)7-11(9-12)14(19)20/h7-9,21H,5-6H2,1-4H3,(H,17,18)(H,19,20). The van der Waals surface area contributed by atoms with Gasteiger partial charge in [0.1, 0.15) is 0 Å². The van der Waals surface area contributed by atoms with Gasteiger partial charge < -0.3 is 20.1 Å². The third-order valence-electron chi connectivity index (χ3n) is 3.30. The van der Waals surface area contributed by atoms with E-state index in [1.54, 1.807) is 27.7 Å². The van der Waals surface area contributed by atoms with Gasteiger partial charge in [0.25, 0.3) is 0 Å². The van der Waals surface area contributed by atoms with E-state index in [2.05, 4.69) is 0 Å². The SMILES string of the molecule is CC(C)(O)CCOC(C)(C)c1cc(C(=O)O)cc(C(=O)O)c1. The molecule has 6 nitrogen and oxygen atoms in total. The predicted molar refractivity (Wildman–Crippen MR) is 80.3 cm³/mol. The zero-order chi connectivity index (χ0) is 17.1. The normalized spacial score (nSPS) is 12.2. The Morgan fingerprint density at radius 3 is 1.82 bits per heavy atom. The molecule has 0 aliphatic carbocycles. The van der Waals surface area contributed by atoms with Crippen molar-refractivity contribution in [3.63, 3.8) is 0 Å². The van der Waals surface area contributed by atoms with E-state index in [0.717, 1.165) is 6.07 Å². The largest absolute Gasteiger partial charge is 0.478 e. The molecule has 0 heterocycles. The van der Waals surface area contributed by atoms with Crippen LogP contribution in [-0.2, 0) is 10.3 Å². The lowest BCUT2D eigenvalue weighted by Crippen LogP contribution is -2.27. The maximum Gasteiger partial charge on any atom is 0.335 e. The first-order valence-electron chi connectivity index (χ1n) is 6.91. The molecule has 22 heavy (non-hydrogen) atoms. The minimum Gasteiger partial charge on any atom is -0.478 e. The number of carbonyl (C=O) groups is 2. The number of benzene rings is 1. The van der Waals surface area contributed by atoms with Crippen molar-refractivity contribution in [2.45, 2.75) is 45.3 Å². The van der Waals surface area contributed by atoms with Crippen molar-refractivity contribution in [3.8, 4) is 0 Å². The second kappa shape index (κ2) is 6.46. The molecule has 0 amide bonds. The summed E-state index contributed by atoms with van der Waals surface area (Å²) in [7, 11) is 0. The van der Waals surface area contributed by atoms with E-state index < -0.39 is 23.1 Å². The lowest BCUT2D eigenvalue weighted by Gasteiger charge is -2.28. The molecule has 0 atom stereocenters. The van der Waals surface area contributed by atoms with E-state index >= 15 is 0 Å². The summed E-state index contributed by atoms with van der Waals surface area (Å²) >= 11 is 0. The summed E-state index contributed by atoms with van der Waals surface area (Å²) in [4.78, 5) is 22.3. The first kappa shape index (κ1) is 18.1. The maximum atomic E-state index is 11.1. The molecule has 0 radical (unpaired) electrons. The molecule has 6 heteroatoms. The van der Waals surface area contributed by atoms with Crippen molar-refractivity contribution < 1.29 is 29.6 Å².